The number of aromatic nitrogens is 3. The molecule has 0 unspecified atom stereocenters. The maximum absolute atomic E-state index is 12.8. The molecular formula is C23H24ClN5O2. The molecular weight excluding hydrogens is 414 g/mol. The van der Waals surface area contributed by atoms with Crippen LogP contribution in [0, 0.1) is 13.8 Å². The maximum atomic E-state index is 12.8. The zero-order chi connectivity index (χ0) is 22.0. The molecule has 1 aliphatic rings. The number of aryl methyl sites for hydroxylation is 2. The number of nitrogens with two attached hydrogens (primary N) is 1. The molecule has 8 heteroatoms. The summed E-state index contributed by atoms with van der Waals surface area (Å²) in [6, 6.07) is 9.40. The van der Waals surface area contributed by atoms with Gasteiger partial charge >= 0.3 is 0 Å². The van der Waals surface area contributed by atoms with Gasteiger partial charge in [-0.1, -0.05) is 23.7 Å². The first-order valence-corrected chi connectivity index (χ1v) is 10.5. The first-order valence-electron chi connectivity index (χ1n) is 10.1. The van der Waals surface area contributed by atoms with E-state index < -0.39 is 0 Å². The fourth-order valence-corrected chi connectivity index (χ4v) is 3.91. The Morgan fingerprint density at radius 3 is 2.61 bits per heavy atom. The van der Waals surface area contributed by atoms with Crippen LogP contribution in [0.4, 0.5) is 5.95 Å². The largest absolute Gasteiger partial charge is 0.378 e. The highest BCUT2D eigenvalue weighted by molar-refractivity contribution is 6.34. The van der Waals surface area contributed by atoms with Crippen LogP contribution in [0.25, 0.3) is 11.3 Å². The summed E-state index contributed by atoms with van der Waals surface area (Å²) in [5.41, 5.74) is 11.7. The Balaban J connectivity index is 1.69. The molecule has 1 amide bonds. The third-order valence-corrected chi connectivity index (χ3v) is 5.67. The molecule has 0 bridgehead atoms. The summed E-state index contributed by atoms with van der Waals surface area (Å²) in [4.78, 5) is 27.8. The van der Waals surface area contributed by atoms with Crippen molar-refractivity contribution in [1.82, 2.24) is 19.9 Å². The third-order valence-electron chi connectivity index (χ3n) is 5.36. The summed E-state index contributed by atoms with van der Waals surface area (Å²) in [7, 11) is 0. The second kappa shape index (κ2) is 8.99. The molecule has 1 aliphatic heterocycles. The Bertz CT molecular complexity index is 1110. The molecule has 7 nitrogen and oxygen atoms in total. The number of carbonyl (C=O) groups excluding carboxylic acids is 1. The number of amides is 1. The zero-order valence-electron chi connectivity index (χ0n) is 17.6. The minimum absolute atomic E-state index is 0.0933. The second-order valence-electron chi connectivity index (χ2n) is 7.58. The van der Waals surface area contributed by atoms with Crippen molar-refractivity contribution in [3.8, 4) is 11.3 Å². The summed E-state index contributed by atoms with van der Waals surface area (Å²) in [5.74, 6) is 0.104. The minimum atomic E-state index is -0.0933. The lowest BCUT2D eigenvalue weighted by Gasteiger charge is -2.27. The number of hydrogen-bond donors (Lipinski definition) is 1. The first kappa shape index (κ1) is 21.2. The first-order chi connectivity index (χ1) is 14.9. The van der Waals surface area contributed by atoms with Crippen LogP contribution in [0.15, 0.2) is 36.5 Å². The summed E-state index contributed by atoms with van der Waals surface area (Å²) in [5, 5.41) is 0.381. The molecule has 3 aromatic rings. The Hall–Kier alpha value is -3.03. The van der Waals surface area contributed by atoms with E-state index in [9.17, 15) is 4.79 Å². The number of benzene rings is 1. The number of ether oxygens (including phenoxy) is 1. The molecule has 0 aliphatic carbocycles. The molecule has 0 spiro atoms. The number of morpholine rings is 1. The van der Waals surface area contributed by atoms with Gasteiger partial charge in [0.1, 0.15) is 0 Å². The molecule has 2 N–H and O–H groups in total. The second-order valence-corrected chi connectivity index (χ2v) is 7.99. The SMILES string of the molecule is Cc1ccc(Cc2c(C)nc(N)nc2-c2ccc(C(=O)N3CCOCC3)c(Cl)c2)cn1. The molecule has 1 saturated heterocycles. The average molecular weight is 438 g/mol. The Morgan fingerprint density at radius 2 is 1.94 bits per heavy atom. The standard InChI is InChI=1S/C23H24ClN5O2/c1-14-3-4-16(13-26-14)11-19-15(2)27-23(25)28-21(19)17-5-6-18(20(24)12-17)22(30)29-7-9-31-10-8-29/h3-6,12-13H,7-11H2,1-2H3,(H2,25,27,28). The summed E-state index contributed by atoms with van der Waals surface area (Å²) in [6.07, 6.45) is 2.47. The van der Waals surface area contributed by atoms with E-state index in [0.717, 1.165) is 28.1 Å². The highest BCUT2D eigenvalue weighted by atomic mass is 35.5. The van der Waals surface area contributed by atoms with Crippen molar-refractivity contribution in [2.24, 2.45) is 0 Å². The molecule has 0 saturated carbocycles. The third kappa shape index (κ3) is 4.68. The van der Waals surface area contributed by atoms with E-state index in [0.29, 0.717) is 49.0 Å². The van der Waals surface area contributed by atoms with Crippen LogP contribution in [0.2, 0.25) is 5.02 Å². The van der Waals surface area contributed by atoms with E-state index in [1.165, 1.54) is 0 Å². The van der Waals surface area contributed by atoms with Crippen molar-refractivity contribution in [3.05, 3.63) is 69.6 Å². The van der Waals surface area contributed by atoms with Crippen molar-refractivity contribution in [3.63, 3.8) is 0 Å². The maximum Gasteiger partial charge on any atom is 0.255 e. The van der Waals surface area contributed by atoms with E-state index >= 15 is 0 Å². The smallest absolute Gasteiger partial charge is 0.255 e. The van der Waals surface area contributed by atoms with Gasteiger partial charge in [0, 0.05) is 48.2 Å². The highest BCUT2D eigenvalue weighted by Gasteiger charge is 2.22. The normalized spacial score (nSPS) is 14.0. The van der Waals surface area contributed by atoms with Crippen LogP contribution in [0.3, 0.4) is 0 Å². The van der Waals surface area contributed by atoms with Crippen molar-refractivity contribution in [2.45, 2.75) is 20.3 Å². The van der Waals surface area contributed by atoms with Crippen LogP contribution >= 0.6 is 11.6 Å². The Labute approximate surface area is 186 Å². The van der Waals surface area contributed by atoms with Gasteiger partial charge in [-0.15, -0.1) is 0 Å². The van der Waals surface area contributed by atoms with E-state index in [1.54, 1.807) is 17.0 Å². The van der Waals surface area contributed by atoms with Crippen LogP contribution in [0.5, 0.6) is 0 Å². The van der Waals surface area contributed by atoms with Crippen LogP contribution < -0.4 is 5.73 Å². The number of carbonyl (C=O) groups is 1. The fraction of sp³-hybridized carbons (Fsp3) is 0.304. The lowest BCUT2D eigenvalue weighted by molar-refractivity contribution is 0.0303. The summed E-state index contributed by atoms with van der Waals surface area (Å²) in [6.45, 7) is 6.07. The van der Waals surface area contributed by atoms with Crippen LogP contribution in [-0.2, 0) is 11.2 Å². The van der Waals surface area contributed by atoms with Gasteiger partial charge in [-0.05, 0) is 37.6 Å². The van der Waals surface area contributed by atoms with Gasteiger partial charge in [-0.2, -0.15) is 0 Å². The molecule has 2 aromatic heterocycles. The van der Waals surface area contributed by atoms with Crippen molar-refractivity contribution in [1.29, 1.82) is 0 Å². The monoisotopic (exact) mass is 437 g/mol. The van der Waals surface area contributed by atoms with Crippen molar-refractivity contribution in [2.75, 3.05) is 32.0 Å². The molecule has 1 aromatic carbocycles. The number of rotatable bonds is 4. The van der Waals surface area contributed by atoms with Crippen molar-refractivity contribution >= 4 is 23.5 Å². The molecule has 1 fully saturated rings. The van der Waals surface area contributed by atoms with E-state index in [2.05, 4.69) is 15.0 Å². The minimum Gasteiger partial charge on any atom is -0.378 e. The Kier molecular flexibility index (Phi) is 6.15. The lowest BCUT2D eigenvalue weighted by Crippen LogP contribution is -2.40. The van der Waals surface area contributed by atoms with Gasteiger partial charge in [0.05, 0.1) is 29.5 Å². The topological polar surface area (TPSA) is 94.2 Å². The number of halogens is 1. The molecule has 3 heterocycles. The van der Waals surface area contributed by atoms with Crippen LogP contribution in [0.1, 0.15) is 32.9 Å². The average Bonchev–Trinajstić information content (AvgIpc) is 2.77. The number of nitrogen functional groups attached to an aromatic ring is 1. The van der Waals surface area contributed by atoms with E-state index in [-0.39, 0.29) is 11.9 Å². The zero-order valence-corrected chi connectivity index (χ0v) is 18.3. The van der Waals surface area contributed by atoms with Gasteiger partial charge in [-0.3, -0.25) is 9.78 Å². The van der Waals surface area contributed by atoms with Gasteiger partial charge in [-0.25, -0.2) is 9.97 Å². The highest BCUT2D eigenvalue weighted by Crippen LogP contribution is 2.30. The predicted octanol–water partition coefficient (Wildman–Crippen LogP) is 3.45. The van der Waals surface area contributed by atoms with Gasteiger partial charge in [0.25, 0.3) is 5.91 Å². The number of hydrogen-bond acceptors (Lipinski definition) is 6. The fourth-order valence-electron chi connectivity index (χ4n) is 3.65. The number of anilines is 1. The van der Waals surface area contributed by atoms with Gasteiger partial charge in [0.15, 0.2) is 0 Å². The van der Waals surface area contributed by atoms with E-state index in [1.807, 2.05) is 38.2 Å². The van der Waals surface area contributed by atoms with Gasteiger partial charge < -0.3 is 15.4 Å². The van der Waals surface area contributed by atoms with Crippen LogP contribution in [-0.4, -0.2) is 52.1 Å². The molecule has 0 radical (unpaired) electrons. The van der Waals surface area contributed by atoms with E-state index in [4.69, 9.17) is 22.1 Å². The molecule has 31 heavy (non-hydrogen) atoms. The number of nitrogens with zero attached hydrogens (tertiary/aromatic N) is 4. The quantitative estimate of drug-likeness (QED) is 0.671. The lowest BCUT2D eigenvalue weighted by atomic mass is 9.98. The molecule has 4 rings (SSSR count). The molecule has 160 valence electrons. The van der Waals surface area contributed by atoms with Gasteiger partial charge in [0.2, 0.25) is 5.95 Å². The summed E-state index contributed by atoms with van der Waals surface area (Å²) >= 11 is 6.54. The Morgan fingerprint density at radius 1 is 1.16 bits per heavy atom. The predicted molar refractivity (Wildman–Crippen MR) is 120 cm³/mol. The molecule has 0 atom stereocenters. The summed E-state index contributed by atoms with van der Waals surface area (Å²) < 4.78 is 5.33. The van der Waals surface area contributed by atoms with Crippen molar-refractivity contribution < 1.29 is 9.53 Å². The number of pyridine rings is 1.